The van der Waals surface area contributed by atoms with E-state index in [-0.39, 0.29) is 5.82 Å². The predicted molar refractivity (Wildman–Crippen MR) is 78.6 cm³/mol. The zero-order valence-electron chi connectivity index (χ0n) is 11.3. The van der Waals surface area contributed by atoms with E-state index < -0.39 is 0 Å². The maximum absolute atomic E-state index is 13.0. The summed E-state index contributed by atoms with van der Waals surface area (Å²) in [5.41, 5.74) is 8.73. The van der Waals surface area contributed by atoms with Crippen LogP contribution in [0.3, 0.4) is 0 Å². The van der Waals surface area contributed by atoms with Gasteiger partial charge in [-0.05, 0) is 55.8 Å². The first kappa shape index (κ1) is 13.4. The van der Waals surface area contributed by atoms with Crippen LogP contribution >= 0.6 is 0 Å². The van der Waals surface area contributed by atoms with Crippen molar-refractivity contribution < 1.29 is 4.39 Å². The van der Waals surface area contributed by atoms with E-state index in [2.05, 4.69) is 24.8 Å². The molecule has 0 bridgehead atoms. The van der Waals surface area contributed by atoms with E-state index in [4.69, 9.17) is 5.73 Å². The van der Waals surface area contributed by atoms with Crippen LogP contribution in [0, 0.1) is 5.82 Å². The highest BCUT2D eigenvalue weighted by molar-refractivity contribution is 5.49. The zero-order chi connectivity index (χ0) is 13.8. The van der Waals surface area contributed by atoms with Crippen LogP contribution in [0.25, 0.3) is 0 Å². The molecule has 0 aromatic heterocycles. The number of nitrogens with zero attached hydrogens (tertiary/aromatic N) is 1. The lowest BCUT2D eigenvalue weighted by Crippen LogP contribution is -2.30. The van der Waals surface area contributed by atoms with E-state index in [1.807, 2.05) is 30.3 Å². The Bertz CT molecular complexity index is 535. The Morgan fingerprint density at radius 2 is 1.79 bits per heavy atom. The van der Waals surface area contributed by atoms with Gasteiger partial charge in [0.2, 0.25) is 0 Å². The van der Waals surface area contributed by atoms with Crippen molar-refractivity contribution in [1.29, 1.82) is 0 Å². The lowest BCUT2D eigenvalue weighted by atomic mass is 10.1. The molecule has 0 heterocycles. The number of hydrogen-bond donors (Lipinski definition) is 1. The number of halogens is 1. The molecule has 0 aliphatic rings. The average molecular weight is 258 g/mol. The topological polar surface area (TPSA) is 29.3 Å². The van der Waals surface area contributed by atoms with E-state index in [1.165, 1.54) is 12.1 Å². The molecule has 19 heavy (non-hydrogen) atoms. The second-order valence-electron chi connectivity index (χ2n) is 4.94. The van der Waals surface area contributed by atoms with Crippen molar-refractivity contribution in [2.75, 3.05) is 10.6 Å². The molecule has 0 radical (unpaired) electrons. The lowest BCUT2D eigenvalue weighted by molar-refractivity contribution is 0.625. The SMILES string of the molecule is CC(C)N(Cc1cccc(N)c1)c1ccc(F)cc1. The maximum Gasteiger partial charge on any atom is 0.123 e. The van der Waals surface area contributed by atoms with Crippen molar-refractivity contribution in [2.45, 2.75) is 26.4 Å². The van der Waals surface area contributed by atoms with Crippen LogP contribution in [0.4, 0.5) is 15.8 Å². The number of hydrogen-bond acceptors (Lipinski definition) is 2. The molecule has 0 aliphatic carbocycles. The van der Waals surface area contributed by atoms with Crippen LogP contribution in [0.15, 0.2) is 48.5 Å². The number of anilines is 2. The fourth-order valence-electron chi connectivity index (χ4n) is 2.09. The third-order valence-electron chi connectivity index (χ3n) is 3.09. The van der Waals surface area contributed by atoms with Gasteiger partial charge < -0.3 is 10.6 Å². The van der Waals surface area contributed by atoms with E-state index in [0.29, 0.717) is 6.04 Å². The highest BCUT2D eigenvalue weighted by atomic mass is 19.1. The van der Waals surface area contributed by atoms with Gasteiger partial charge in [0, 0.05) is 24.0 Å². The van der Waals surface area contributed by atoms with Crippen molar-refractivity contribution in [3.8, 4) is 0 Å². The van der Waals surface area contributed by atoms with Crippen molar-refractivity contribution in [3.63, 3.8) is 0 Å². The number of benzene rings is 2. The zero-order valence-corrected chi connectivity index (χ0v) is 11.3. The molecule has 0 saturated carbocycles. The minimum Gasteiger partial charge on any atom is -0.399 e. The summed E-state index contributed by atoms with van der Waals surface area (Å²) in [6.45, 7) is 5.00. The van der Waals surface area contributed by atoms with Crippen molar-refractivity contribution in [1.82, 2.24) is 0 Å². The number of nitrogens with two attached hydrogens (primary N) is 1. The molecule has 2 nitrogen and oxygen atoms in total. The summed E-state index contributed by atoms with van der Waals surface area (Å²) in [4.78, 5) is 2.22. The van der Waals surface area contributed by atoms with Gasteiger partial charge >= 0.3 is 0 Å². The van der Waals surface area contributed by atoms with Gasteiger partial charge in [-0.2, -0.15) is 0 Å². The number of rotatable bonds is 4. The first-order valence-electron chi connectivity index (χ1n) is 6.43. The second kappa shape index (κ2) is 5.74. The first-order valence-corrected chi connectivity index (χ1v) is 6.43. The minimum atomic E-state index is -0.212. The monoisotopic (exact) mass is 258 g/mol. The van der Waals surface area contributed by atoms with Gasteiger partial charge in [-0.1, -0.05) is 12.1 Å². The molecule has 0 fully saturated rings. The summed E-state index contributed by atoms with van der Waals surface area (Å²) in [6, 6.07) is 14.8. The summed E-state index contributed by atoms with van der Waals surface area (Å²) in [7, 11) is 0. The van der Waals surface area contributed by atoms with Gasteiger partial charge in [-0.3, -0.25) is 0 Å². The summed E-state index contributed by atoms with van der Waals surface area (Å²) in [5.74, 6) is -0.212. The van der Waals surface area contributed by atoms with Crippen molar-refractivity contribution in [3.05, 3.63) is 59.9 Å². The van der Waals surface area contributed by atoms with Crippen LogP contribution in [-0.4, -0.2) is 6.04 Å². The van der Waals surface area contributed by atoms with Gasteiger partial charge in [-0.15, -0.1) is 0 Å². The quantitative estimate of drug-likeness (QED) is 0.845. The van der Waals surface area contributed by atoms with Gasteiger partial charge in [0.25, 0.3) is 0 Å². The van der Waals surface area contributed by atoms with Crippen LogP contribution < -0.4 is 10.6 Å². The Morgan fingerprint density at radius 3 is 2.37 bits per heavy atom. The minimum absolute atomic E-state index is 0.212. The normalized spacial score (nSPS) is 10.7. The Labute approximate surface area is 113 Å². The molecule has 0 aliphatic heterocycles. The average Bonchev–Trinajstić information content (AvgIpc) is 2.37. The Hall–Kier alpha value is -2.03. The fraction of sp³-hybridized carbons (Fsp3) is 0.250. The first-order chi connectivity index (χ1) is 9.06. The molecule has 0 unspecified atom stereocenters. The van der Waals surface area contributed by atoms with E-state index in [9.17, 15) is 4.39 Å². The number of nitrogen functional groups attached to an aromatic ring is 1. The molecular weight excluding hydrogens is 239 g/mol. The lowest BCUT2D eigenvalue weighted by Gasteiger charge is -2.29. The molecule has 0 atom stereocenters. The molecule has 3 heteroatoms. The van der Waals surface area contributed by atoms with Crippen LogP contribution in [0.5, 0.6) is 0 Å². The highest BCUT2D eigenvalue weighted by Crippen LogP contribution is 2.21. The fourth-order valence-corrected chi connectivity index (χ4v) is 2.09. The second-order valence-corrected chi connectivity index (χ2v) is 4.94. The van der Waals surface area contributed by atoms with E-state index in [1.54, 1.807) is 0 Å². The highest BCUT2D eigenvalue weighted by Gasteiger charge is 2.11. The standard InChI is InChI=1S/C16H19FN2/c1-12(2)19(16-8-6-14(17)7-9-16)11-13-4-3-5-15(18)10-13/h3-10,12H,11,18H2,1-2H3. The molecular formula is C16H19FN2. The smallest absolute Gasteiger partial charge is 0.123 e. The summed E-state index contributed by atoms with van der Waals surface area (Å²) in [5, 5.41) is 0. The Morgan fingerprint density at radius 1 is 1.11 bits per heavy atom. The summed E-state index contributed by atoms with van der Waals surface area (Å²) < 4.78 is 13.0. The molecule has 0 amide bonds. The predicted octanol–water partition coefficient (Wildman–Crippen LogP) is 3.82. The molecule has 2 aromatic rings. The molecule has 0 spiro atoms. The van der Waals surface area contributed by atoms with Gasteiger partial charge in [-0.25, -0.2) is 4.39 Å². The van der Waals surface area contributed by atoms with Crippen LogP contribution in [0.1, 0.15) is 19.4 Å². The van der Waals surface area contributed by atoms with Gasteiger partial charge in [0.05, 0.1) is 0 Å². The molecule has 2 aromatic carbocycles. The van der Waals surface area contributed by atoms with Crippen LogP contribution in [0.2, 0.25) is 0 Å². The van der Waals surface area contributed by atoms with E-state index >= 15 is 0 Å². The maximum atomic E-state index is 13.0. The third kappa shape index (κ3) is 3.47. The van der Waals surface area contributed by atoms with Crippen LogP contribution in [-0.2, 0) is 6.54 Å². The largest absolute Gasteiger partial charge is 0.399 e. The molecule has 2 N–H and O–H groups in total. The molecule has 100 valence electrons. The van der Waals surface area contributed by atoms with Gasteiger partial charge in [0.1, 0.15) is 5.82 Å². The van der Waals surface area contributed by atoms with E-state index in [0.717, 1.165) is 23.5 Å². The van der Waals surface area contributed by atoms with Gasteiger partial charge in [0.15, 0.2) is 0 Å². The summed E-state index contributed by atoms with van der Waals surface area (Å²) in [6.07, 6.45) is 0. The third-order valence-corrected chi connectivity index (χ3v) is 3.09. The Kier molecular flexibility index (Phi) is 4.05. The summed E-state index contributed by atoms with van der Waals surface area (Å²) >= 11 is 0. The van der Waals surface area contributed by atoms with Crippen molar-refractivity contribution in [2.24, 2.45) is 0 Å². The molecule has 0 saturated heterocycles. The molecule has 2 rings (SSSR count). The Balaban J connectivity index is 2.23. The van der Waals surface area contributed by atoms with Crippen molar-refractivity contribution >= 4 is 11.4 Å².